The monoisotopic (exact) mass is 268 g/mol. The van der Waals surface area contributed by atoms with E-state index in [0.717, 1.165) is 25.7 Å². The van der Waals surface area contributed by atoms with E-state index in [1.54, 1.807) is 6.08 Å². The smallest absolute Gasteiger partial charge is 0.0960 e. The Kier molecular flexibility index (Phi) is 6.04. The highest BCUT2D eigenvalue weighted by Gasteiger charge is 1.97. The van der Waals surface area contributed by atoms with Gasteiger partial charge in [0.2, 0.25) is 0 Å². The summed E-state index contributed by atoms with van der Waals surface area (Å²) in [5, 5.41) is 0. The Labute approximate surface area is 121 Å². The van der Waals surface area contributed by atoms with Crippen LogP contribution in [0, 0.1) is 0 Å². The Balaban J connectivity index is 1.67. The minimum atomic E-state index is 0.0249. The Bertz CT molecular complexity index is 514. The molecule has 0 spiro atoms. The second-order valence-electron chi connectivity index (χ2n) is 5.01. The van der Waals surface area contributed by atoms with Gasteiger partial charge in [0.1, 0.15) is 0 Å². The Morgan fingerprint density at radius 2 is 1.35 bits per heavy atom. The molecule has 0 aliphatic heterocycles. The summed E-state index contributed by atoms with van der Waals surface area (Å²) in [5.74, 6) is 0.0249. The van der Waals surface area contributed by atoms with Crippen LogP contribution in [0.5, 0.6) is 0 Å². The number of rotatable bonds is 7. The van der Waals surface area contributed by atoms with Gasteiger partial charge in [0.05, 0.1) is 5.83 Å². The molecule has 2 aromatic carbocycles. The van der Waals surface area contributed by atoms with Crippen LogP contribution in [0.4, 0.5) is 4.39 Å². The first-order chi connectivity index (χ1) is 9.84. The van der Waals surface area contributed by atoms with Crippen LogP contribution in [0.2, 0.25) is 0 Å². The topological polar surface area (TPSA) is 0 Å². The van der Waals surface area contributed by atoms with Crippen molar-refractivity contribution in [1.29, 1.82) is 0 Å². The molecule has 0 saturated carbocycles. The van der Waals surface area contributed by atoms with Crippen LogP contribution in [0.1, 0.15) is 30.4 Å². The molecular formula is C19H21F. The first-order valence-electron chi connectivity index (χ1n) is 7.27. The van der Waals surface area contributed by atoms with Crippen LogP contribution in [-0.4, -0.2) is 0 Å². The van der Waals surface area contributed by atoms with E-state index in [-0.39, 0.29) is 5.83 Å². The molecular weight excluding hydrogens is 247 g/mol. The Morgan fingerprint density at radius 1 is 0.800 bits per heavy atom. The van der Waals surface area contributed by atoms with Crippen LogP contribution >= 0.6 is 0 Å². The zero-order valence-corrected chi connectivity index (χ0v) is 11.8. The van der Waals surface area contributed by atoms with Gasteiger partial charge in [0.25, 0.3) is 0 Å². The first kappa shape index (κ1) is 14.5. The minimum absolute atomic E-state index is 0.0249. The van der Waals surface area contributed by atoms with E-state index in [0.29, 0.717) is 6.42 Å². The number of hydrogen-bond donors (Lipinski definition) is 0. The van der Waals surface area contributed by atoms with E-state index in [1.807, 2.05) is 36.4 Å². The summed E-state index contributed by atoms with van der Waals surface area (Å²) in [4.78, 5) is 0. The Morgan fingerprint density at radius 3 is 1.95 bits per heavy atom. The average Bonchev–Trinajstić information content (AvgIpc) is 2.49. The van der Waals surface area contributed by atoms with Crippen molar-refractivity contribution in [3.63, 3.8) is 0 Å². The predicted molar refractivity (Wildman–Crippen MR) is 83.3 cm³/mol. The molecule has 0 atom stereocenters. The van der Waals surface area contributed by atoms with Gasteiger partial charge in [0.15, 0.2) is 0 Å². The molecule has 0 nitrogen and oxygen atoms in total. The second kappa shape index (κ2) is 8.31. The number of allylic oxidation sites excluding steroid dienone is 2. The maximum atomic E-state index is 13.7. The van der Waals surface area contributed by atoms with Crippen molar-refractivity contribution in [2.75, 3.05) is 0 Å². The van der Waals surface area contributed by atoms with E-state index < -0.39 is 0 Å². The summed E-state index contributed by atoms with van der Waals surface area (Å²) in [6.45, 7) is 0. The number of benzene rings is 2. The quantitative estimate of drug-likeness (QED) is 0.622. The Hall–Kier alpha value is -1.89. The summed E-state index contributed by atoms with van der Waals surface area (Å²) in [7, 11) is 0. The summed E-state index contributed by atoms with van der Waals surface area (Å²) in [6, 6.07) is 20.5. The molecule has 20 heavy (non-hydrogen) atoms. The van der Waals surface area contributed by atoms with E-state index in [4.69, 9.17) is 0 Å². The van der Waals surface area contributed by atoms with E-state index in [9.17, 15) is 4.39 Å². The fourth-order valence-corrected chi connectivity index (χ4v) is 2.25. The second-order valence-corrected chi connectivity index (χ2v) is 5.01. The summed E-state index contributed by atoms with van der Waals surface area (Å²) >= 11 is 0. The maximum absolute atomic E-state index is 13.7. The van der Waals surface area contributed by atoms with Gasteiger partial charge in [-0.05, 0) is 43.2 Å². The molecule has 0 aromatic heterocycles. The van der Waals surface area contributed by atoms with Crippen LogP contribution in [0.3, 0.4) is 0 Å². The van der Waals surface area contributed by atoms with Gasteiger partial charge in [0, 0.05) is 0 Å². The highest BCUT2D eigenvalue weighted by Crippen LogP contribution is 2.13. The van der Waals surface area contributed by atoms with Crippen molar-refractivity contribution in [1.82, 2.24) is 0 Å². The molecule has 0 unspecified atom stereocenters. The summed E-state index contributed by atoms with van der Waals surface area (Å²) < 4.78 is 13.7. The molecule has 104 valence electrons. The molecule has 1 heteroatoms. The van der Waals surface area contributed by atoms with Gasteiger partial charge in [-0.3, -0.25) is 0 Å². The van der Waals surface area contributed by atoms with Crippen molar-refractivity contribution in [2.45, 2.75) is 32.1 Å². The lowest BCUT2D eigenvalue weighted by atomic mass is 10.1. The van der Waals surface area contributed by atoms with Crippen molar-refractivity contribution in [2.24, 2.45) is 0 Å². The normalized spacial score (nSPS) is 11.6. The van der Waals surface area contributed by atoms with Crippen molar-refractivity contribution in [3.05, 3.63) is 83.7 Å². The average molecular weight is 268 g/mol. The van der Waals surface area contributed by atoms with Crippen LogP contribution in [0.15, 0.2) is 72.6 Å². The van der Waals surface area contributed by atoms with Gasteiger partial charge >= 0.3 is 0 Å². The standard InChI is InChI=1S/C19H21F/c20-19(15-7-13-17-9-3-1-4-10-17)16-8-14-18-11-5-2-6-12-18/h1-6,9-12,15H,7-8,13-14,16H2/b19-15-. The highest BCUT2D eigenvalue weighted by molar-refractivity contribution is 5.16. The molecule has 0 aliphatic carbocycles. The van der Waals surface area contributed by atoms with E-state index in [1.165, 1.54) is 11.1 Å². The SMILES string of the molecule is F/C(=C\CCc1ccccc1)CCCc1ccccc1. The lowest BCUT2D eigenvalue weighted by molar-refractivity contribution is 0.567. The molecule has 0 fully saturated rings. The highest BCUT2D eigenvalue weighted by atomic mass is 19.1. The fourth-order valence-electron chi connectivity index (χ4n) is 2.25. The predicted octanol–water partition coefficient (Wildman–Crippen LogP) is 5.50. The van der Waals surface area contributed by atoms with E-state index in [2.05, 4.69) is 24.3 Å². The number of aryl methyl sites for hydroxylation is 2. The third-order valence-corrected chi connectivity index (χ3v) is 3.37. The van der Waals surface area contributed by atoms with Crippen molar-refractivity contribution < 1.29 is 4.39 Å². The van der Waals surface area contributed by atoms with Crippen molar-refractivity contribution in [3.8, 4) is 0 Å². The lowest BCUT2D eigenvalue weighted by Crippen LogP contribution is -1.86. The fraction of sp³-hybridized carbons (Fsp3) is 0.263. The van der Waals surface area contributed by atoms with Crippen LogP contribution in [-0.2, 0) is 12.8 Å². The molecule has 2 rings (SSSR count). The molecule has 0 aliphatic rings. The van der Waals surface area contributed by atoms with Gasteiger partial charge in [-0.1, -0.05) is 66.7 Å². The molecule has 0 bridgehead atoms. The summed E-state index contributed by atoms with van der Waals surface area (Å²) in [6.07, 6.45) is 5.79. The third-order valence-electron chi connectivity index (χ3n) is 3.37. The van der Waals surface area contributed by atoms with E-state index >= 15 is 0 Å². The molecule has 2 aromatic rings. The summed E-state index contributed by atoms with van der Waals surface area (Å²) in [5.41, 5.74) is 2.55. The minimum Gasteiger partial charge on any atom is -0.212 e. The number of hydrogen-bond acceptors (Lipinski definition) is 0. The van der Waals surface area contributed by atoms with Gasteiger partial charge in [-0.15, -0.1) is 0 Å². The molecule has 0 radical (unpaired) electrons. The van der Waals surface area contributed by atoms with Crippen LogP contribution in [0.25, 0.3) is 0 Å². The van der Waals surface area contributed by atoms with Gasteiger partial charge in [-0.25, -0.2) is 4.39 Å². The third kappa shape index (κ3) is 5.40. The molecule has 0 saturated heterocycles. The van der Waals surface area contributed by atoms with Crippen molar-refractivity contribution >= 4 is 0 Å². The molecule has 0 amide bonds. The largest absolute Gasteiger partial charge is 0.212 e. The van der Waals surface area contributed by atoms with Gasteiger partial charge in [-0.2, -0.15) is 0 Å². The maximum Gasteiger partial charge on any atom is 0.0960 e. The first-order valence-corrected chi connectivity index (χ1v) is 7.27. The van der Waals surface area contributed by atoms with Crippen LogP contribution < -0.4 is 0 Å². The lowest BCUT2D eigenvalue weighted by Gasteiger charge is -2.01. The van der Waals surface area contributed by atoms with Gasteiger partial charge < -0.3 is 0 Å². The molecule has 0 heterocycles. The molecule has 0 N–H and O–H groups in total. The zero-order valence-electron chi connectivity index (χ0n) is 11.8. The number of halogens is 1. The zero-order chi connectivity index (χ0) is 14.0.